The second-order valence-corrected chi connectivity index (χ2v) is 8.94. The van der Waals surface area contributed by atoms with Crippen LogP contribution in [0.1, 0.15) is 51.2 Å². The largest absolute Gasteiger partial charge is 0.456 e. The van der Waals surface area contributed by atoms with Crippen molar-refractivity contribution in [1.29, 1.82) is 0 Å². The number of benzene rings is 2. The molecule has 0 aliphatic carbocycles. The molecule has 10 heteroatoms. The van der Waals surface area contributed by atoms with Crippen LogP contribution in [0.25, 0.3) is 4.96 Å². The Morgan fingerprint density at radius 2 is 1.97 bits per heavy atom. The quantitative estimate of drug-likeness (QED) is 0.353. The van der Waals surface area contributed by atoms with Gasteiger partial charge in [-0.2, -0.15) is 9.61 Å². The number of amides is 1. The van der Waals surface area contributed by atoms with Gasteiger partial charge in [-0.1, -0.05) is 54.5 Å². The second kappa shape index (κ2) is 10.6. The van der Waals surface area contributed by atoms with Gasteiger partial charge in [0.2, 0.25) is 4.96 Å². The molecule has 2 aromatic carbocycles. The van der Waals surface area contributed by atoms with Gasteiger partial charge < -0.3 is 10.1 Å². The maximum absolute atomic E-state index is 12.8. The first-order valence-electron chi connectivity index (χ1n) is 10.7. The molecule has 4 aromatic rings. The molecule has 0 saturated heterocycles. The van der Waals surface area contributed by atoms with Gasteiger partial charge in [-0.3, -0.25) is 9.59 Å². The summed E-state index contributed by atoms with van der Waals surface area (Å²) in [5.41, 5.74) is 0.824. The van der Waals surface area contributed by atoms with Crippen LogP contribution in [0.2, 0.25) is 5.02 Å². The van der Waals surface area contributed by atoms with Crippen LogP contribution in [0.5, 0.6) is 0 Å². The Morgan fingerprint density at radius 3 is 2.76 bits per heavy atom. The van der Waals surface area contributed by atoms with E-state index in [-0.39, 0.29) is 17.7 Å². The highest BCUT2D eigenvalue weighted by molar-refractivity contribution is 7.16. The summed E-state index contributed by atoms with van der Waals surface area (Å²) in [6, 6.07) is 14.3. The minimum absolute atomic E-state index is 0.176. The normalized spacial score (nSPS) is 10.9. The molecular formula is C24H21ClN4O4S. The van der Waals surface area contributed by atoms with Gasteiger partial charge in [0.05, 0.1) is 16.9 Å². The van der Waals surface area contributed by atoms with E-state index < -0.39 is 11.9 Å². The van der Waals surface area contributed by atoms with Crippen molar-refractivity contribution >= 4 is 45.5 Å². The fourth-order valence-corrected chi connectivity index (χ4v) is 4.36. The number of aromatic nitrogens is 3. The highest BCUT2D eigenvalue weighted by atomic mass is 35.5. The van der Waals surface area contributed by atoms with E-state index in [2.05, 4.69) is 22.3 Å². The van der Waals surface area contributed by atoms with Gasteiger partial charge in [-0.05, 0) is 36.8 Å². The topological polar surface area (TPSA) is 103 Å². The molecule has 1 amide bonds. The molecule has 0 saturated carbocycles. The van der Waals surface area contributed by atoms with E-state index in [4.69, 9.17) is 16.3 Å². The number of carbonyl (C=O) groups excluding carboxylic acids is 2. The molecule has 0 aliphatic heterocycles. The van der Waals surface area contributed by atoms with Crippen LogP contribution in [0, 0.1) is 0 Å². The number of anilines is 1. The molecule has 174 valence electrons. The van der Waals surface area contributed by atoms with Gasteiger partial charge >= 0.3 is 5.97 Å². The van der Waals surface area contributed by atoms with Crippen molar-refractivity contribution in [2.45, 2.75) is 32.8 Å². The number of para-hydroxylation sites is 1. The number of fused-ring (bicyclic) bond motifs is 1. The number of ether oxygens (including phenoxy) is 1. The molecule has 8 nitrogen and oxygen atoms in total. The maximum Gasteiger partial charge on any atom is 0.340 e. The van der Waals surface area contributed by atoms with E-state index in [0.29, 0.717) is 26.9 Å². The monoisotopic (exact) mass is 496 g/mol. The number of unbranched alkanes of at least 4 members (excludes halogenated alkanes) is 1. The van der Waals surface area contributed by atoms with E-state index in [1.807, 2.05) is 0 Å². The summed E-state index contributed by atoms with van der Waals surface area (Å²) in [4.78, 5) is 42.6. The summed E-state index contributed by atoms with van der Waals surface area (Å²) in [5.74, 6) is -1.07. The van der Waals surface area contributed by atoms with Crippen LogP contribution in [-0.4, -0.2) is 26.5 Å². The molecule has 0 radical (unpaired) electrons. The third-order valence-electron chi connectivity index (χ3n) is 4.92. The second-order valence-electron chi connectivity index (χ2n) is 7.47. The predicted octanol–water partition coefficient (Wildman–Crippen LogP) is 4.76. The number of hydrogen-bond acceptors (Lipinski definition) is 7. The zero-order valence-electron chi connectivity index (χ0n) is 18.3. The third kappa shape index (κ3) is 5.49. The molecule has 0 unspecified atom stereocenters. The number of aryl methyl sites for hydroxylation is 1. The number of nitrogens with zero attached hydrogens (tertiary/aromatic N) is 3. The standard InChI is InChI=1S/C24H21ClN4O4S/c1-2-3-11-20-28-29-21(30)13-17(26-24(29)34-20)14-33-23(32)18-9-4-5-10-19(18)27-22(31)15-7-6-8-16(25)12-15/h4-10,12-13H,2-3,11,14H2,1H3,(H,27,31). The third-order valence-corrected chi connectivity index (χ3v) is 6.12. The first-order chi connectivity index (χ1) is 16.4. The average molecular weight is 497 g/mol. The minimum atomic E-state index is -0.656. The van der Waals surface area contributed by atoms with Gasteiger partial charge in [0, 0.05) is 23.1 Å². The lowest BCUT2D eigenvalue weighted by Crippen LogP contribution is -2.18. The first kappa shape index (κ1) is 23.6. The molecule has 0 spiro atoms. The average Bonchev–Trinajstić information content (AvgIpc) is 3.25. The smallest absolute Gasteiger partial charge is 0.340 e. The molecule has 0 bridgehead atoms. The van der Waals surface area contributed by atoms with Gasteiger partial charge in [-0.25, -0.2) is 9.78 Å². The van der Waals surface area contributed by atoms with Crippen LogP contribution >= 0.6 is 22.9 Å². The fraction of sp³-hybridized carbons (Fsp3) is 0.208. The van der Waals surface area contributed by atoms with Crippen LogP contribution in [0.15, 0.2) is 59.4 Å². The van der Waals surface area contributed by atoms with Crippen LogP contribution in [0.4, 0.5) is 5.69 Å². The summed E-state index contributed by atoms with van der Waals surface area (Å²) in [7, 11) is 0. The lowest BCUT2D eigenvalue weighted by atomic mass is 10.1. The van der Waals surface area contributed by atoms with Crippen molar-refractivity contribution in [1.82, 2.24) is 14.6 Å². The molecule has 2 aromatic heterocycles. The zero-order valence-corrected chi connectivity index (χ0v) is 19.9. The van der Waals surface area contributed by atoms with Crippen molar-refractivity contribution < 1.29 is 14.3 Å². The van der Waals surface area contributed by atoms with Crippen LogP contribution < -0.4 is 10.9 Å². The number of halogens is 1. The summed E-state index contributed by atoms with van der Waals surface area (Å²) in [6.07, 6.45) is 2.79. The van der Waals surface area contributed by atoms with Crippen LogP contribution in [-0.2, 0) is 17.8 Å². The Labute approximate surface area is 204 Å². The molecule has 2 heterocycles. The first-order valence-corrected chi connectivity index (χ1v) is 11.9. The van der Waals surface area contributed by atoms with E-state index in [0.717, 1.165) is 24.3 Å². The van der Waals surface area contributed by atoms with Crippen molar-refractivity contribution in [2.75, 3.05) is 5.32 Å². The van der Waals surface area contributed by atoms with E-state index in [9.17, 15) is 14.4 Å². The van der Waals surface area contributed by atoms with Crippen LogP contribution in [0.3, 0.4) is 0 Å². The molecule has 0 aliphatic rings. The number of esters is 1. The lowest BCUT2D eigenvalue weighted by Gasteiger charge is -2.11. The number of rotatable bonds is 8. The Bertz CT molecular complexity index is 1420. The van der Waals surface area contributed by atoms with Crippen molar-refractivity contribution in [2.24, 2.45) is 0 Å². The number of hydrogen-bond donors (Lipinski definition) is 1. The highest BCUT2D eigenvalue weighted by Crippen LogP contribution is 2.20. The summed E-state index contributed by atoms with van der Waals surface area (Å²) >= 11 is 7.30. The highest BCUT2D eigenvalue weighted by Gasteiger charge is 2.17. The minimum Gasteiger partial charge on any atom is -0.456 e. The SMILES string of the molecule is CCCCc1nn2c(=O)cc(COC(=O)c3ccccc3NC(=O)c3cccc(Cl)c3)nc2s1. The predicted molar refractivity (Wildman–Crippen MR) is 131 cm³/mol. The molecule has 1 N–H and O–H groups in total. The van der Waals surface area contributed by atoms with Gasteiger partial charge in [0.1, 0.15) is 11.6 Å². The van der Waals surface area contributed by atoms with Gasteiger partial charge in [-0.15, -0.1) is 0 Å². The maximum atomic E-state index is 12.8. The Kier molecular flexibility index (Phi) is 7.34. The van der Waals surface area contributed by atoms with E-state index in [1.54, 1.807) is 42.5 Å². The fourth-order valence-electron chi connectivity index (χ4n) is 3.21. The zero-order chi connectivity index (χ0) is 24.1. The summed E-state index contributed by atoms with van der Waals surface area (Å²) in [6.45, 7) is 1.90. The van der Waals surface area contributed by atoms with Crippen molar-refractivity contribution in [3.63, 3.8) is 0 Å². The summed E-state index contributed by atoms with van der Waals surface area (Å²) in [5, 5.41) is 8.29. The van der Waals surface area contributed by atoms with E-state index in [1.165, 1.54) is 28.0 Å². The number of nitrogens with one attached hydrogen (secondary N) is 1. The summed E-state index contributed by atoms with van der Waals surface area (Å²) < 4.78 is 6.66. The van der Waals surface area contributed by atoms with Gasteiger partial charge in [0.25, 0.3) is 11.5 Å². The van der Waals surface area contributed by atoms with E-state index >= 15 is 0 Å². The molecule has 0 atom stereocenters. The number of carbonyl (C=O) groups is 2. The molecule has 34 heavy (non-hydrogen) atoms. The van der Waals surface area contributed by atoms with Crippen molar-refractivity contribution in [3.05, 3.63) is 91.8 Å². The Morgan fingerprint density at radius 1 is 1.15 bits per heavy atom. The lowest BCUT2D eigenvalue weighted by molar-refractivity contribution is 0.0469. The van der Waals surface area contributed by atoms with Crippen molar-refractivity contribution in [3.8, 4) is 0 Å². The molecule has 4 rings (SSSR count). The molecular weight excluding hydrogens is 476 g/mol. The van der Waals surface area contributed by atoms with Gasteiger partial charge in [0.15, 0.2) is 0 Å². The Hall–Kier alpha value is -3.56. The molecule has 0 fully saturated rings. The Balaban J connectivity index is 1.48.